The van der Waals surface area contributed by atoms with Crippen LogP contribution in [0.4, 0.5) is 0 Å². The fourth-order valence-corrected chi connectivity index (χ4v) is 2.75. The van der Waals surface area contributed by atoms with Crippen LogP contribution < -0.4 is 16.4 Å². The monoisotopic (exact) mass is 297 g/mol. The van der Waals surface area contributed by atoms with Crippen molar-refractivity contribution in [1.82, 2.24) is 10.6 Å². The predicted octanol–water partition coefficient (Wildman–Crippen LogP) is 1.70. The Labute approximate surface area is 128 Å². The van der Waals surface area contributed by atoms with Crippen molar-refractivity contribution in [2.75, 3.05) is 0 Å². The van der Waals surface area contributed by atoms with Crippen molar-refractivity contribution < 1.29 is 9.59 Å². The standard InChI is InChI=1S/C16H31N3O2/c1-11(14(20)19-16(2,3)4)18-15(21)13(17)10-12-8-6-5-7-9-12/h11-13H,5-10,17H2,1-4H3,(H,18,21)(H,19,20). The third kappa shape index (κ3) is 6.93. The lowest BCUT2D eigenvalue weighted by Gasteiger charge is -2.26. The molecule has 1 rings (SSSR count). The van der Waals surface area contributed by atoms with Gasteiger partial charge >= 0.3 is 0 Å². The number of carbonyl (C=O) groups is 2. The minimum absolute atomic E-state index is 0.180. The Kier molecular flexibility index (Phi) is 6.65. The Hall–Kier alpha value is -1.10. The molecule has 5 nitrogen and oxygen atoms in total. The molecule has 0 spiro atoms. The molecule has 0 bridgehead atoms. The Morgan fingerprint density at radius 3 is 2.24 bits per heavy atom. The van der Waals surface area contributed by atoms with Crippen LogP contribution in [-0.2, 0) is 9.59 Å². The van der Waals surface area contributed by atoms with Crippen molar-refractivity contribution in [2.24, 2.45) is 11.7 Å². The van der Waals surface area contributed by atoms with Crippen LogP contribution in [0.1, 0.15) is 66.2 Å². The van der Waals surface area contributed by atoms with Gasteiger partial charge in [-0.15, -0.1) is 0 Å². The quantitative estimate of drug-likeness (QED) is 0.722. The topological polar surface area (TPSA) is 84.2 Å². The molecule has 2 atom stereocenters. The van der Waals surface area contributed by atoms with Crippen molar-refractivity contribution in [2.45, 2.75) is 83.8 Å². The van der Waals surface area contributed by atoms with Gasteiger partial charge in [0.25, 0.3) is 0 Å². The first-order valence-electron chi connectivity index (χ1n) is 8.07. The summed E-state index contributed by atoms with van der Waals surface area (Å²) >= 11 is 0. The number of nitrogens with one attached hydrogen (secondary N) is 2. The lowest BCUT2D eigenvalue weighted by Crippen LogP contribution is -2.53. The molecule has 122 valence electrons. The molecule has 5 heteroatoms. The molecule has 0 aromatic carbocycles. The summed E-state index contributed by atoms with van der Waals surface area (Å²) in [6.07, 6.45) is 6.83. The molecule has 2 unspecified atom stereocenters. The number of nitrogens with two attached hydrogens (primary N) is 1. The van der Waals surface area contributed by atoms with Crippen LogP contribution in [0.5, 0.6) is 0 Å². The third-order valence-corrected chi connectivity index (χ3v) is 3.90. The van der Waals surface area contributed by atoms with E-state index in [4.69, 9.17) is 5.73 Å². The third-order valence-electron chi connectivity index (χ3n) is 3.90. The highest BCUT2D eigenvalue weighted by atomic mass is 16.2. The Morgan fingerprint density at radius 1 is 1.14 bits per heavy atom. The molecule has 0 aromatic heterocycles. The van der Waals surface area contributed by atoms with Crippen LogP contribution in [0, 0.1) is 5.92 Å². The van der Waals surface area contributed by atoms with E-state index in [2.05, 4.69) is 10.6 Å². The Bertz CT molecular complexity index is 357. The van der Waals surface area contributed by atoms with Gasteiger partial charge < -0.3 is 16.4 Å². The first-order valence-corrected chi connectivity index (χ1v) is 8.07. The second-order valence-corrected chi connectivity index (χ2v) is 7.32. The summed E-state index contributed by atoms with van der Waals surface area (Å²) in [6, 6.07) is -1.08. The van der Waals surface area contributed by atoms with Crippen LogP contribution in [0.2, 0.25) is 0 Å². The molecule has 1 fully saturated rings. The second kappa shape index (κ2) is 7.78. The first-order chi connectivity index (χ1) is 9.69. The summed E-state index contributed by atoms with van der Waals surface area (Å²) < 4.78 is 0. The predicted molar refractivity (Wildman–Crippen MR) is 84.7 cm³/mol. The molecule has 1 aliphatic carbocycles. The number of hydrogen-bond acceptors (Lipinski definition) is 3. The van der Waals surface area contributed by atoms with Gasteiger partial charge in [-0.25, -0.2) is 0 Å². The maximum absolute atomic E-state index is 12.1. The van der Waals surface area contributed by atoms with E-state index in [1.54, 1.807) is 6.92 Å². The zero-order chi connectivity index (χ0) is 16.0. The van der Waals surface area contributed by atoms with Crippen molar-refractivity contribution in [3.05, 3.63) is 0 Å². The average Bonchev–Trinajstić information content (AvgIpc) is 2.37. The van der Waals surface area contributed by atoms with E-state index < -0.39 is 12.1 Å². The molecule has 0 heterocycles. The van der Waals surface area contributed by atoms with E-state index in [1.807, 2.05) is 20.8 Å². The van der Waals surface area contributed by atoms with Crippen LogP contribution in [0.15, 0.2) is 0 Å². The highest BCUT2D eigenvalue weighted by Crippen LogP contribution is 2.26. The van der Waals surface area contributed by atoms with Crippen molar-refractivity contribution >= 4 is 11.8 Å². The highest BCUT2D eigenvalue weighted by Gasteiger charge is 2.25. The van der Waals surface area contributed by atoms with Gasteiger partial charge in [0.2, 0.25) is 11.8 Å². The van der Waals surface area contributed by atoms with Gasteiger partial charge in [-0.05, 0) is 40.0 Å². The Morgan fingerprint density at radius 2 is 1.71 bits per heavy atom. The van der Waals surface area contributed by atoms with E-state index in [-0.39, 0.29) is 17.4 Å². The fourth-order valence-electron chi connectivity index (χ4n) is 2.75. The minimum Gasteiger partial charge on any atom is -0.350 e. The summed E-state index contributed by atoms with van der Waals surface area (Å²) in [5.74, 6) is 0.149. The van der Waals surface area contributed by atoms with Gasteiger partial charge in [-0.2, -0.15) is 0 Å². The molecular weight excluding hydrogens is 266 g/mol. The summed E-state index contributed by atoms with van der Waals surface area (Å²) in [5, 5.41) is 5.57. The zero-order valence-electron chi connectivity index (χ0n) is 13.9. The highest BCUT2D eigenvalue weighted by molar-refractivity contribution is 5.89. The molecule has 4 N–H and O–H groups in total. The van der Waals surface area contributed by atoms with Gasteiger partial charge in [0.05, 0.1) is 6.04 Å². The largest absolute Gasteiger partial charge is 0.350 e. The van der Waals surface area contributed by atoms with Gasteiger partial charge in [0.15, 0.2) is 0 Å². The Balaban J connectivity index is 2.38. The normalized spacial score (nSPS) is 19.7. The molecule has 0 aromatic rings. The molecule has 1 saturated carbocycles. The van der Waals surface area contributed by atoms with Crippen molar-refractivity contribution in [1.29, 1.82) is 0 Å². The van der Waals surface area contributed by atoms with E-state index in [1.165, 1.54) is 32.1 Å². The number of carbonyl (C=O) groups excluding carboxylic acids is 2. The van der Waals surface area contributed by atoms with Crippen LogP contribution >= 0.6 is 0 Å². The van der Waals surface area contributed by atoms with Crippen LogP contribution in [-0.4, -0.2) is 29.4 Å². The van der Waals surface area contributed by atoms with E-state index in [0.717, 1.165) is 6.42 Å². The summed E-state index contributed by atoms with van der Waals surface area (Å²) in [6.45, 7) is 7.42. The zero-order valence-corrected chi connectivity index (χ0v) is 13.9. The molecule has 21 heavy (non-hydrogen) atoms. The second-order valence-electron chi connectivity index (χ2n) is 7.32. The number of amides is 2. The SMILES string of the molecule is CC(NC(=O)C(N)CC1CCCCC1)C(=O)NC(C)(C)C. The lowest BCUT2D eigenvalue weighted by atomic mass is 9.85. The minimum atomic E-state index is -0.561. The van der Waals surface area contributed by atoms with Crippen molar-refractivity contribution in [3.8, 4) is 0 Å². The van der Waals surface area contributed by atoms with Crippen molar-refractivity contribution in [3.63, 3.8) is 0 Å². The van der Waals surface area contributed by atoms with Gasteiger partial charge in [-0.3, -0.25) is 9.59 Å². The molecule has 0 radical (unpaired) electrons. The van der Waals surface area contributed by atoms with Gasteiger partial charge in [0, 0.05) is 5.54 Å². The average molecular weight is 297 g/mol. The molecule has 2 amide bonds. The van der Waals surface area contributed by atoms with Crippen LogP contribution in [0.25, 0.3) is 0 Å². The fraction of sp³-hybridized carbons (Fsp3) is 0.875. The van der Waals surface area contributed by atoms with E-state index in [9.17, 15) is 9.59 Å². The summed E-state index contributed by atoms with van der Waals surface area (Å²) in [7, 11) is 0. The van der Waals surface area contributed by atoms with E-state index in [0.29, 0.717) is 5.92 Å². The summed E-state index contributed by atoms with van der Waals surface area (Å²) in [4.78, 5) is 24.0. The van der Waals surface area contributed by atoms with E-state index >= 15 is 0 Å². The van der Waals surface area contributed by atoms with Gasteiger partial charge in [0.1, 0.15) is 6.04 Å². The van der Waals surface area contributed by atoms with Gasteiger partial charge in [-0.1, -0.05) is 32.1 Å². The first kappa shape index (κ1) is 18.0. The maximum atomic E-state index is 12.1. The maximum Gasteiger partial charge on any atom is 0.242 e. The smallest absolute Gasteiger partial charge is 0.242 e. The molecular formula is C16H31N3O2. The molecule has 0 saturated heterocycles. The lowest BCUT2D eigenvalue weighted by molar-refractivity contribution is -0.130. The van der Waals surface area contributed by atoms with Crippen LogP contribution in [0.3, 0.4) is 0 Å². The summed E-state index contributed by atoms with van der Waals surface area (Å²) in [5.41, 5.74) is 5.67. The number of rotatable bonds is 5. The molecule has 1 aliphatic rings. The molecule has 0 aliphatic heterocycles. The number of hydrogen-bond donors (Lipinski definition) is 3.